The monoisotopic (exact) mass is 336 g/mol. The molecule has 2 fully saturated rings. The molecule has 2 aromatic rings. The summed E-state index contributed by atoms with van der Waals surface area (Å²) < 4.78 is 0. The Morgan fingerprint density at radius 3 is 2.32 bits per heavy atom. The van der Waals surface area contributed by atoms with Gasteiger partial charge in [-0.2, -0.15) is 0 Å². The lowest BCUT2D eigenvalue weighted by molar-refractivity contribution is -0.385. The molecule has 4 nitrogen and oxygen atoms in total. The first kappa shape index (κ1) is 16.1. The molecule has 3 unspecified atom stereocenters. The highest BCUT2D eigenvalue weighted by Gasteiger charge is 2.39. The molecule has 0 radical (unpaired) electrons. The molecule has 130 valence electrons. The van der Waals surface area contributed by atoms with E-state index in [0.29, 0.717) is 5.56 Å². The van der Waals surface area contributed by atoms with Gasteiger partial charge in [-0.3, -0.25) is 10.1 Å². The van der Waals surface area contributed by atoms with Gasteiger partial charge in [-0.1, -0.05) is 18.6 Å². The van der Waals surface area contributed by atoms with Crippen LogP contribution >= 0.6 is 0 Å². The maximum Gasteiger partial charge on any atom is 0.272 e. The van der Waals surface area contributed by atoms with E-state index in [4.69, 9.17) is 0 Å². The maximum atomic E-state index is 11.0. The zero-order valence-electron chi connectivity index (χ0n) is 14.8. The van der Waals surface area contributed by atoms with Gasteiger partial charge in [0, 0.05) is 30.1 Å². The summed E-state index contributed by atoms with van der Waals surface area (Å²) in [6.45, 7) is 1.79. The van der Waals surface area contributed by atoms with Crippen molar-refractivity contribution in [3.63, 3.8) is 0 Å². The Labute approximate surface area is 148 Å². The van der Waals surface area contributed by atoms with Crippen molar-refractivity contribution in [2.75, 3.05) is 11.9 Å². The molecule has 0 saturated heterocycles. The number of hydrogen-bond donors (Lipinski definition) is 0. The van der Waals surface area contributed by atoms with E-state index in [1.165, 1.54) is 31.2 Å². The van der Waals surface area contributed by atoms with Crippen LogP contribution in [-0.4, -0.2) is 12.0 Å². The minimum atomic E-state index is -0.330. The molecular formula is C21H24N2O2. The number of fused-ring (bicyclic) bond motifs is 2. The van der Waals surface area contributed by atoms with Crippen LogP contribution in [0.2, 0.25) is 0 Å². The van der Waals surface area contributed by atoms with E-state index in [2.05, 4.69) is 29.2 Å². The predicted molar refractivity (Wildman–Crippen MR) is 101 cm³/mol. The summed E-state index contributed by atoms with van der Waals surface area (Å²) in [4.78, 5) is 12.7. The predicted octanol–water partition coefficient (Wildman–Crippen LogP) is 5.57. The normalized spacial score (nSPS) is 24.5. The van der Waals surface area contributed by atoms with Crippen molar-refractivity contribution in [1.29, 1.82) is 0 Å². The number of benzene rings is 2. The molecule has 3 atom stereocenters. The summed E-state index contributed by atoms with van der Waals surface area (Å²) in [7, 11) is 2.01. The lowest BCUT2D eigenvalue weighted by atomic mass is 9.83. The fraction of sp³-hybridized carbons (Fsp3) is 0.429. The third-order valence-corrected chi connectivity index (χ3v) is 6.21. The van der Waals surface area contributed by atoms with E-state index in [0.717, 1.165) is 29.1 Å². The van der Waals surface area contributed by atoms with Crippen LogP contribution in [0.25, 0.3) is 0 Å². The van der Waals surface area contributed by atoms with E-state index < -0.39 is 0 Å². The van der Waals surface area contributed by atoms with E-state index >= 15 is 0 Å². The van der Waals surface area contributed by atoms with Gasteiger partial charge in [0.2, 0.25) is 0 Å². The van der Waals surface area contributed by atoms with Crippen LogP contribution in [0.15, 0.2) is 42.5 Å². The van der Waals surface area contributed by atoms with Crippen molar-refractivity contribution < 1.29 is 4.92 Å². The maximum absolute atomic E-state index is 11.0. The second-order valence-corrected chi connectivity index (χ2v) is 7.66. The van der Waals surface area contributed by atoms with Crippen LogP contribution < -0.4 is 4.90 Å². The van der Waals surface area contributed by atoms with Gasteiger partial charge in [-0.05, 0) is 73.8 Å². The highest BCUT2D eigenvalue weighted by atomic mass is 16.6. The molecule has 0 N–H and O–H groups in total. The lowest BCUT2D eigenvalue weighted by Gasteiger charge is -2.24. The van der Waals surface area contributed by atoms with Crippen LogP contribution in [0, 0.1) is 28.9 Å². The van der Waals surface area contributed by atoms with Crippen LogP contribution in [0.1, 0.15) is 42.7 Å². The minimum absolute atomic E-state index is 0.170. The van der Waals surface area contributed by atoms with Gasteiger partial charge in [0.05, 0.1) is 4.92 Å². The van der Waals surface area contributed by atoms with Crippen LogP contribution in [0.3, 0.4) is 0 Å². The topological polar surface area (TPSA) is 46.4 Å². The second-order valence-electron chi connectivity index (χ2n) is 7.66. The summed E-state index contributed by atoms with van der Waals surface area (Å²) in [5, 5.41) is 11.0. The van der Waals surface area contributed by atoms with Crippen LogP contribution in [0.4, 0.5) is 17.1 Å². The first-order valence-electron chi connectivity index (χ1n) is 9.11. The Bertz CT molecular complexity index is 800. The Morgan fingerprint density at radius 1 is 1.04 bits per heavy atom. The molecule has 0 heterocycles. The van der Waals surface area contributed by atoms with Crippen LogP contribution in [0.5, 0.6) is 0 Å². The van der Waals surface area contributed by atoms with Crippen molar-refractivity contribution in [2.45, 2.75) is 38.5 Å². The molecule has 0 aromatic heterocycles. The first-order valence-corrected chi connectivity index (χ1v) is 9.11. The average molecular weight is 336 g/mol. The second kappa shape index (κ2) is 6.17. The van der Waals surface area contributed by atoms with Gasteiger partial charge in [0.25, 0.3) is 5.69 Å². The number of nitro benzene ring substituents is 1. The Hall–Kier alpha value is -2.36. The molecule has 0 spiro atoms. The molecular weight excluding hydrogens is 312 g/mol. The summed E-state index contributed by atoms with van der Waals surface area (Å²) in [6.07, 6.45) is 5.62. The summed E-state index contributed by atoms with van der Waals surface area (Å²) >= 11 is 0. The van der Waals surface area contributed by atoms with Crippen molar-refractivity contribution >= 4 is 17.1 Å². The number of nitrogens with zero attached hydrogens (tertiary/aromatic N) is 2. The minimum Gasteiger partial charge on any atom is -0.345 e. The van der Waals surface area contributed by atoms with Crippen molar-refractivity contribution in [3.05, 3.63) is 63.7 Å². The number of nitro groups is 1. The summed E-state index contributed by atoms with van der Waals surface area (Å²) in [5.41, 5.74) is 4.41. The fourth-order valence-electron chi connectivity index (χ4n) is 4.80. The Morgan fingerprint density at radius 2 is 1.76 bits per heavy atom. The van der Waals surface area contributed by atoms with E-state index in [9.17, 15) is 10.1 Å². The summed E-state index contributed by atoms with van der Waals surface area (Å²) in [5.74, 6) is 2.60. The van der Waals surface area contributed by atoms with E-state index in [1.54, 1.807) is 13.0 Å². The highest BCUT2D eigenvalue weighted by molar-refractivity contribution is 5.65. The Balaban J connectivity index is 1.53. The number of hydrogen-bond acceptors (Lipinski definition) is 3. The van der Waals surface area contributed by atoms with E-state index in [-0.39, 0.29) is 10.6 Å². The third kappa shape index (κ3) is 2.90. The molecule has 4 rings (SSSR count). The molecule has 2 aliphatic rings. The van der Waals surface area contributed by atoms with Crippen molar-refractivity contribution in [3.8, 4) is 0 Å². The molecule has 2 saturated carbocycles. The fourth-order valence-corrected chi connectivity index (χ4v) is 4.80. The highest BCUT2D eigenvalue weighted by Crippen LogP contribution is 2.52. The SMILES string of the molecule is Cc1cc(N(C)c2ccc(C3CC4CCC3C4)cc2)ccc1[N+](=O)[O-]. The smallest absolute Gasteiger partial charge is 0.272 e. The molecule has 2 aliphatic carbocycles. The standard InChI is InChI=1S/C21H24N2O2/c1-14-11-19(9-10-21(14)23(24)25)22(2)18-7-5-16(6-8-18)20-13-15-3-4-17(20)12-15/h5-11,15,17,20H,3-4,12-13H2,1-2H3. The van der Waals surface area contributed by atoms with Gasteiger partial charge < -0.3 is 4.90 Å². The van der Waals surface area contributed by atoms with E-state index in [1.807, 2.05) is 19.2 Å². The molecule has 25 heavy (non-hydrogen) atoms. The van der Waals surface area contributed by atoms with Gasteiger partial charge >= 0.3 is 0 Å². The van der Waals surface area contributed by atoms with Crippen molar-refractivity contribution in [1.82, 2.24) is 0 Å². The quantitative estimate of drug-likeness (QED) is 0.541. The average Bonchev–Trinajstić information content (AvgIpc) is 3.24. The largest absolute Gasteiger partial charge is 0.345 e. The van der Waals surface area contributed by atoms with Crippen LogP contribution in [-0.2, 0) is 0 Å². The van der Waals surface area contributed by atoms with Crippen molar-refractivity contribution in [2.24, 2.45) is 11.8 Å². The Kier molecular flexibility index (Phi) is 3.98. The molecule has 0 aliphatic heterocycles. The number of rotatable bonds is 4. The van der Waals surface area contributed by atoms with Gasteiger partial charge in [0.1, 0.15) is 0 Å². The molecule has 0 amide bonds. The molecule has 4 heteroatoms. The van der Waals surface area contributed by atoms with Gasteiger partial charge in [-0.15, -0.1) is 0 Å². The van der Waals surface area contributed by atoms with Gasteiger partial charge in [0.15, 0.2) is 0 Å². The van der Waals surface area contributed by atoms with Gasteiger partial charge in [-0.25, -0.2) is 0 Å². The lowest BCUT2D eigenvalue weighted by Crippen LogP contribution is -2.11. The first-order chi connectivity index (χ1) is 12.0. The zero-order valence-corrected chi connectivity index (χ0v) is 14.8. The number of aryl methyl sites for hydroxylation is 1. The molecule has 2 aromatic carbocycles. The number of anilines is 2. The third-order valence-electron chi connectivity index (χ3n) is 6.21. The molecule has 2 bridgehead atoms. The summed E-state index contributed by atoms with van der Waals surface area (Å²) in [6, 6.07) is 14.2. The zero-order chi connectivity index (χ0) is 17.6.